The van der Waals surface area contributed by atoms with E-state index in [1.54, 1.807) is 7.11 Å². The molecule has 2 nitrogen and oxygen atoms in total. The topological polar surface area (TPSA) is 29.5 Å². The van der Waals surface area contributed by atoms with Gasteiger partial charge in [-0.2, -0.15) is 0 Å². The maximum Gasteiger partial charge on any atom is 0.119 e. The molecule has 0 amide bonds. The fraction of sp³-hybridized carbons (Fsp3) is 0.250. The van der Waals surface area contributed by atoms with Crippen LogP contribution in [-0.4, -0.2) is 12.2 Å². The molecular formula is C16H16O2. The van der Waals surface area contributed by atoms with Gasteiger partial charge in [-0.05, 0) is 71.8 Å². The Labute approximate surface area is 107 Å². The van der Waals surface area contributed by atoms with E-state index in [9.17, 15) is 5.11 Å². The lowest BCUT2D eigenvalue weighted by molar-refractivity contribution is 0.414. The summed E-state index contributed by atoms with van der Waals surface area (Å²) in [6.45, 7) is 2.05. The molecule has 0 saturated carbocycles. The zero-order chi connectivity index (χ0) is 12.7. The molecule has 1 aliphatic carbocycles. The van der Waals surface area contributed by atoms with Crippen LogP contribution < -0.4 is 4.74 Å². The van der Waals surface area contributed by atoms with Crippen LogP contribution in [0.25, 0.3) is 11.1 Å². The van der Waals surface area contributed by atoms with Crippen molar-refractivity contribution in [1.29, 1.82) is 0 Å². The largest absolute Gasteiger partial charge is 0.508 e. The summed E-state index contributed by atoms with van der Waals surface area (Å²) in [6.07, 6.45) is 1.98. The van der Waals surface area contributed by atoms with Crippen molar-refractivity contribution >= 4 is 0 Å². The first-order chi connectivity index (χ1) is 8.69. The molecule has 92 valence electrons. The molecule has 2 aromatic carbocycles. The van der Waals surface area contributed by atoms with Crippen LogP contribution in [0, 0.1) is 6.92 Å². The Morgan fingerprint density at radius 2 is 1.83 bits per heavy atom. The number of phenolic OH excluding ortho intramolecular Hbond substituents is 1. The van der Waals surface area contributed by atoms with Gasteiger partial charge in [-0.1, -0.05) is 6.07 Å². The SMILES string of the molecule is COc1ccc2c(c1)CCc1cc(O)cc(C)c1-2. The van der Waals surface area contributed by atoms with Gasteiger partial charge in [0.2, 0.25) is 0 Å². The number of phenols is 1. The predicted octanol–water partition coefficient (Wildman–Crippen LogP) is 3.47. The highest BCUT2D eigenvalue weighted by atomic mass is 16.5. The first-order valence-electron chi connectivity index (χ1n) is 6.19. The number of ether oxygens (including phenoxy) is 1. The summed E-state index contributed by atoms with van der Waals surface area (Å²) in [5.74, 6) is 1.27. The lowest BCUT2D eigenvalue weighted by Crippen LogP contribution is -2.05. The standard InChI is InChI=1S/C16H16O2/c1-10-7-13(17)8-12-4-3-11-9-14(18-2)5-6-15(11)16(10)12/h5-9,17H,3-4H2,1-2H3. The van der Waals surface area contributed by atoms with Crippen molar-refractivity contribution in [2.24, 2.45) is 0 Å². The molecular weight excluding hydrogens is 224 g/mol. The van der Waals surface area contributed by atoms with Gasteiger partial charge in [0.15, 0.2) is 0 Å². The van der Waals surface area contributed by atoms with Gasteiger partial charge in [-0.15, -0.1) is 0 Å². The van der Waals surface area contributed by atoms with Gasteiger partial charge in [-0.25, -0.2) is 0 Å². The molecule has 1 aliphatic rings. The number of rotatable bonds is 1. The Bertz CT molecular complexity index is 615. The number of benzene rings is 2. The molecule has 1 N–H and O–H groups in total. The summed E-state index contributed by atoms with van der Waals surface area (Å²) in [7, 11) is 1.70. The van der Waals surface area contributed by atoms with Crippen molar-refractivity contribution in [2.45, 2.75) is 19.8 Å². The molecule has 0 aromatic heterocycles. The van der Waals surface area contributed by atoms with E-state index in [4.69, 9.17) is 4.74 Å². The number of aryl methyl sites for hydroxylation is 3. The number of hydrogen-bond acceptors (Lipinski definition) is 2. The molecule has 0 radical (unpaired) electrons. The highest BCUT2D eigenvalue weighted by Crippen LogP contribution is 2.39. The minimum absolute atomic E-state index is 0.364. The van der Waals surface area contributed by atoms with Crippen molar-refractivity contribution in [3.05, 3.63) is 47.0 Å². The van der Waals surface area contributed by atoms with E-state index in [0.717, 1.165) is 24.2 Å². The van der Waals surface area contributed by atoms with Crippen LogP contribution in [0.1, 0.15) is 16.7 Å². The second-order valence-electron chi connectivity index (χ2n) is 4.82. The lowest BCUT2D eigenvalue weighted by atomic mass is 9.83. The van der Waals surface area contributed by atoms with E-state index in [-0.39, 0.29) is 0 Å². The molecule has 0 heterocycles. The van der Waals surface area contributed by atoms with Crippen molar-refractivity contribution in [2.75, 3.05) is 7.11 Å². The van der Waals surface area contributed by atoms with Crippen molar-refractivity contribution in [3.63, 3.8) is 0 Å². The minimum atomic E-state index is 0.364. The van der Waals surface area contributed by atoms with E-state index in [1.165, 1.54) is 22.3 Å². The highest BCUT2D eigenvalue weighted by molar-refractivity contribution is 5.77. The van der Waals surface area contributed by atoms with Crippen LogP contribution in [-0.2, 0) is 12.8 Å². The van der Waals surface area contributed by atoms with E-state index >= 15 is 0 Å². The van der Waals surface area contributed by atoms with Gasteiger partial charge in [0, 0.05) is 0 Å². The molecule has 0 aliphatic heterocycles. The molecule has 2 aromatic rings. The smallest absolute Gasteiger partial charge is 0.119 e. The Morgan fingerprint density at radius 1 is 1.06 bits per heavy atom. The van der Waals surface area contributed by atoms with E-state index in [2.05, 4.69) is 19.1 Å². The summed E-state index contributed by atoms with van der Waals surface area (Å²) in [6, 6.07) is 9.95. The third-order valence-corrected chi connectivity index (χ3v) is 3.65. The molecule has 18 heavy (non-hydrogen) atoms. The molecule has 0 spiro atoms. The molecule has 0 fully saturated rings. The van der Waals surface area contributed by atoms with Crippen molar-refractivity contribution < 1.29 is 9.84 Å². The highest BCUT2D eigenvalue weighted by Gasteiger charge is 2.19. The quantitative estimate of drug-likeness (QED) is 0.827. The van der Waals surface area contributed by atoms with Gasteiger partial charge in [0.05, 0.1) is 7.11 Å². The summed E-state index contributed by atoms with van der Waals surface area (Å²) in [5.41, 5.74) is 6.25. The summed E-state index contributed by atoms with van der Waals surface area (Å²) in [4.78, 5) is 0. The third-order valence-electron chi connectivity index (χ3n) is 3.65. The lowest BCUT2D eigenvalue weighted by Gasteiger charge is -2.22. The minimum Gasteiger partial charge on any atom is -0.508 e. The fourth-order valence-electron chi connectivity index (χ4n) is 2.84. The Morgan fingerprint density at radius 3 is 2.61 bits per heavy atom. The number of fused-ring (bicyclic) bond motifs is 3. The molecule has 0 unspecified atom stereocenters. The van der Waals surface area contributed by atoms with E-state index < -0.39 is 0 Å². The van der Waals surface area contributed by atoms with Gasteiger partial charge in [-0.3, -0.25) is 0 Å². The van der Waals surface area contributed by atoms with E-state index in [0.29, 0.717) is 5.75 Å². The first-order valence-corrected chi connectivity index (χ1v) is 6.19. The number of aromatic hydroxyl groups is 1. The summed E-state index contributed by atoms with van der Waals surface area (Å²) < 4.78 is 5.28. The van der Waals surface area contributed by atoms with Gasteiger partial charge >= 0.3 is 0 Å². The molecule has 0 atom stereocenters. The van der Waals surface area contributed by atoms with Crippen molar-refractivity contribution in [3.8, 4) is 22.6 Å². The van der Waals surface area contributed by atoms with Crippen LogP contribution in [0.15, 0.2) is 30.3 Å². The number of methoxy groups -OCH3 is 1. The molecule has 0 bridgehead atoms. The fourth-order valence-corrected chi connectivity index (χ4v) is 2.84. The van der Waals surface area contributed by atoms with Crippen LogP contribution in [0.2, 0.25) is 0 Å². The summed E-state index contributed by atoms with van der Waals surface area (Å²) in [5, 5.41) is 9.68. The van der Waals surface area contributed by atoms with Crippen LogP contribution in [0.3, 0.4) is 0 Å². The summed E-state index contributed by atoms with van der Waals surface area (Å²) >= 11 is 0. The Kier molecular flexibility index (Phi) is 2.51. The van der Waals surface area contributed by atoms with Crippen LogP contribution in [0.4, 0.5) is 0 Å². The zero-order valence-electron chi connectivity index (χ0n) is 10.7. The maximum absolute atomic E-state index is 9.68. The Balaban J connectivity index is 2.22. The second-order valence-corrected chi connectivity index (χ2v) is 4.82. The average Bonchev–Trinajstić information content (AvgIpc) is 2.37. The monoisotopic (exact) mass is 240 g/mol. The van der Waals surface area contributed by atoms with Crippen molar-refractivity contribution in [1.82, 2.24) is 0 Å². The normalized spacial score (nSPS) is 12.8. The number of hydrogen-bond donors (Lipinski definition) is 1. The van der Waals surface area contributed by atoms with Crippen LogP contribution in [0.5, 0.6) is 11.5 Å². The third kappa shape index (κ3) is 1.65. The molecule has 0 saturated heterocycles. The Hall–Kier alpha value is -1.96. The molecule has 2 heteroatoms. The second kappa shape index (κ2) is 4.05. The first kappa shape index (κ1) is 11.1. The van der Waals surface area contributed by atoms with Gasteiger partial charge < -0.3 is 9.84 Å². The van der Waals surface area contributed by atoms with Gasteiger partial charge in [0.25, 0.3) is 0 Å². The predicted molar refractivity (Wildman–Crippen MR) is 72.2 cm³/mol. The average molecular weight is 240 g/mol. The zero-order valence-corrected chi connectivity index (χ0v) is 10.7. The van der Waals surface area contributed by atoms with E-state index in [1.807, 2.05) is 18.2 Å². The molecule has 3 rings (SSSR count). The van der Waals surface area contributed by atoms with Crippen LogP contribution >= 0.6 is 0 Å². The maximum atomic E-state index is 9.68. The van der Waals surface area contributed by atoms with Gasteiger partial charge in [0.1, 0.15) is 11.5 Å².